The molecule has 5 aromatic heterocycles. The molecule has 0 radical (unpaired) electrons. The Balaban J connectivity index is 1.28. The minimum absolute atomic E-state index is 1.01. The molecule has 0 aliphatic rings. The van der Waals surface area contributed by atoms with E-state index in [1.54, 1.807) is 0 Å². The van der Waals surface area contributed by atoms with Crippen LogP contribution >= 0.6 is 0 Å². The van der Waals surface area contributed by atoms with Crippen LogP contribution in [0.25, 0.3) is 97.9 Å². The average molecular weight is 673 g/mol. The van der Waals surface area contributed by atoms with Gasteiger partial charge in [-0.25, -0.2) is 4.98 Å². The van der Waals surface area contributed by atoms with Gasteiger partial charge in [0.05, 0.1) is 39.5 Å². The molecule has 13 aromatic rings. The molecule has 0 spiro atoms. The van der Waals surface area contributed by atoms with Crippen molar-refractivity contribution in [2.24, 2.45) is 0 Å². The first-order valence-corrected chi connectivity index (χ1v) is 18.2. The first kappa shape index (κ1) is 27.5. The summed E-state index contributed by atoms with van der Waals surface area (Å²) < 4.78 is 4.94. The molecule has 4 heteroatoms. The van der Waals surface area contributed by atoms with E-state index in [-0.39, 0.29) is 0 Å². The van der Waals surface area contributed by atoms with Gasteiger partial charge in [0.2, 0.25) is 0 Å². The summed E-state index contributed by atoms with van der Waals surface area (Å²) in [5.41, 5.74) is 10.4. The summed E-state index contributed by atoms with van der Waals surface area (Å²) >= 11 is 0. The maximum absolute atomic E-state index is 5.42. The number of hydrogen-bond donors (Lipinski definition) is 0. The van der Waals surface area contributed by atoms with Gasteiger partial charge in [0.1, 0.15) is 5.65 Å². The lowest BCUT2D eigenvalue weighted by Gasteiger charge is -2.27. The van der Waals surface area contributed by atoms with Gasteiger partial charge in [-0.3, -0.25) is 4.40 Å². The molecule has 0 fully saturated rings. The van der Waals surface area contributed by atoms with E-state index in [0.29, 0.717) is 0 Å². The minimum Gasteiger partial charge on any atom is -0.308 e. The van der Waals surface area contributed by atoms with Gasteiger partial charge in [-0.15, -0.1) is 0 Å². The first-order valence-electron chi connectivity index (χ1n) is 18.2. The van der Waals surface area contributed by atoms with E-state index in [0.717, 1.165) is 28.2 Å². The fourth-order valence-corrected chi connectivity index (χ4v) is 9.72. The summed E-state index contributed by atoms with van der Waals surface area (Å²) in [6.45, 7) is 0. The second-order valence-electron chi connectivity index (χ2n) is 14.3. The zero-order chi connectivity index (χ0) is 34.4. The predicted molar refractivity (Wildman–Crippen MR) is 223 cm³/mol. The zero-order valence-electron chi connectivity index (χ0n) is 28.5. The standard InChI is InChI=1S/C49H28N4/c1-3-16-31(17-4-1)51(32-18-5-2-6-19-32)40-27-30-15-8-10-21-34(30)43-36-23-13-24-37-44-41(52(46(36)37)48(40)43)28-50-49-45(44)38-26-29-14-7-9-20-33(29)42-35-22-11-12-25-39(35)53(49)47(38)42/h1-28H. The Kier molecular flexibility index (Phi) is 5.08. The minimum atomic E-state index is 1.01. The third-order valence-electron chi connectivity index (χ3n) is 11.7. The van der Waals surface area contributed by atoms with Crippen molar-refractivity contribution in [2.45, 2.75) is 0 Å². The van der Waals surface area contributed by atoms with E-state index in [1.165, 1.54) is 86.7 Å². The zero-order valence-corrected chi connectivity index (χ0v) is 28.5. The van der Waals surface area contributed by atoms with Gasteiger partial charge in [0.15, 0.2) is 0 Å². The fraction of sp³-hybridized carbons (Fsp3) is 0. The van der Waals surface area contributed by atoms with Gasteiger partial charge >= 0.3 is 0 Å². The van der Waals surface area contributed by atoms with Crippen LogP contribution in [0, 0.1) is 0 Å². The summed E-state index contributed by atoms with van der Waals surface area (Å²) in [5, 5.41) is 15.1. The van der Waals surface area contributed by atoms with Crippen LogP contribution in [0.4, 0.5) is 17.1 Å². The van der Waals surface area contributed by atoms with Gasteiger partial charge in [-0.1, -0.05) is 121 Å². The molecule has 4 nitrogen and oxygen atoms in total. The van der Waals surface area contributed by atoms with Crippen LogP contribution in [-0.2, 0) is 0 Å². The Hall–Kier alpha value is -7.17. The van der Waals surface area contributed by atoms with Crippen LogP contribution in [0.15, 0.2) is 170 Å². The van der Waals surface area contributed by atoms with Crippen LogP contribution in [0.1, 0.15) is 0 Å². The third-order valence-corrected chi connectivity index (χ3v) is 11.7. The Labute approximate surface area is 302 Å². The van der Waals surface area contributed by atoms with E-state index in [1.807, 2.05) is 0 Å². The van der Waals surface area contributed by atoms with Crippen molar-refractivity contribution >= 4 is 115 Å². The van der Waals surface area contributed by atoms with Crippen molar-refractivity contribution < 1.29 is 0 Å². The molecular weight excluding hydrogens is 645 g/mol. The van der Waals surface area contributed by atoms with E-state index < -0.39 is 0 Å². The number of aromatic nitrogens is 3. The first-order chi connectivity index (χ1) is 26.3. The summed E-state index contributed by atoms with van der Waals surface area (Å²) in [6.07, 6.45) is 2.13. The van der Waals surface area contributed by atoms with Gasteiger partial charge in [-0.2, -0.15) is 0 Å². The van der Waals surface area contributed by atoms with Crippen LogP contribution in [0.5, 0.6) is 0 Å². The lowest BCUT2D eigenvalue weighted by molar-refractivity contribution is 1.25. The van der Waals surface area contributed by atoms with Crippen molar-refractivity contribution in [3.8, 4) is 0 Å². The molecule has 53 heavy (non-hydrogen) atoms. The van der Waals surface area contributed by atoms with Crippen molar-refractivity contribution in [1.29, 1.82) is 0 Å². The Morgan fingerprint density at radius 2 is 0.943 bits per heavy atom. The molecule has 244 valence electrons. The molecule has 0 saturated heterocycles. The maximum Gasteiger partial charge on any atom is 0.146 e. The molecule has 8 aromatic carbocycles. The van der Waals surface area contributed by atoms with Crippen molar-refractivity contribution in [3.63, 3.8) is 0 Å². The Morgan fingerprint density at radius 3 is 1.66 bits per heavy atom. The molecular formula is C49H28N4. The highest BCUT2D eigenvalue weighted by Crippen LogP contribution is 2.51. The van der Waals surface area contributed by atoms with Gasteiger partial charge in [-0.05, 0) is 64.0 Å². The summed E-state index contributed by atoms with van der Waals surface area (Å²) in [5.74, 6) is 0. The van der Waals surface area contributed by atoms with E-state index >= 15 is 0 Å². The molecule has 0 N–H and O–H groups in total. The SMILES string of the molecule is c1ccc(N(c2ccccc2)c2cc3ccccc3c3c4cccc5c6c7c8cc9ccccc9c9c%10ccccc%10n(c7ncc6n(c23)c54)c89)cc1. The lowest BCUT2D eigenvalue weighted by Crippen LogP contribution is -2.11. The number of nitrogens with zero attached hydrogens (tertiary/aromatic N) is 4. The average Bonchev–Trinajstić information content (AvgIpc) is 3.95. The molecule has 0 aliphatic heterocycles. The number of benzene rings is 8. The number of hydrogen-bond acceptors (Lipinski definition) is 2. The number of rotatable bonds is 3. The smallest absolute Gasteiger partial charge is 0.146 e. The van der Waals surface area contributed by atoms with Crippen LogP contribution in [-0.4, -0.2) is 13.8 Å². The second-order valence-corrected chi connectivity index (χ2v) is 14.3. The summed E-state index contributed by atoms with van der Waals surface area (Å²) in [6, 6.07) is 59.6. The third kappa shape index (κ3) is 3.34. The van der Waals surface area contributed by atoms with Crippen molar-refractivity contribution in [3.05, 3.63) is 170 Å². The molecule has 0 bridgehead atoms. The predicted octanol–water partition coefficient (Wildman–Crippen LogP) is 13.2. The lowest BCUT2D eigenvalue weighted by atomic mass is 9.98. The quantitative estimate of drug-likeness (QED) is 0.187. The Bertz CT molecular complexity index is 3580. The molecule has 13 rings (SSSR count). The van der Waals surface area contributed by atoms with E-state index in [4.69, 9.17) is 4.98 Å². The van der Waals surface area contributed by atoms with Gasteiger partial charge in [0.25, 0.3) is 0 Å². The molecule has 0 unspecified atom stereocenters. The summed E-state index contributed by atoms with van der Waals surface area (Å²) in [4.78, 5) is 7.84. The number of anilines is 3. The number of fused-ring (bicyclic) bond motifs is 17. The number of pyridine rings is 1. The second kappa shape index (κ2) is 9.78. The highest BCUT2D eigenvalue weighted by atomic mass is 15.2. The normalized spacial score (nSPS) is 12.5. The maximum atomic E-state index is 5.42. The molecule has 0 saturated carbocycles. The summed E-state index contributed by atoms with van der Waals surface area (Å²) in [7, 11) is 0. The molecule has 0 amide bonds. The monoisotopic (exact) mass is 672 g/mol. The molecule has 0 aliphatic carbocycles. The van der Waals surface area contributed by atoms with Crippen LogP contribution < -0.4 is 4.90 Å². The van der Waals surface area contributed by atoms with Crippen molar-refractivity contribution in [2.75, 3.05) is 4.90 Å². The van der Waals surface area contributed by atoms with E-state index in [9.17, 15) is 0 Å². The van der Waals surface area contributed by atoms with Crippen LogP contribution in [0.3, 0.4) is 0 Å². The van der Waals surface area contributed by atoms with Crippen LogP contribution in [0.2, 0.25) is 0 Å². The topological polar surface area (TPSA) is 24.9 Å². The Morgan fingerprint density at radius 1 is 0.377 bits per heavy atom. The highest BCUT2D eigenvalue weighted by Gasteiger charge is 2.28. The molecule has 0 atom stereocenters. The largest absolute Gasteiger partial charge is 0.308 e. The number of para-hydroxylation sites is 4. The fourth-order valence-electron chi connectivity index (χ4n) is 9.72. The van der Waals surface area contributed by atoms with E-state index in [2.05, 4.69) is 184 Å². The highest BCUT2D eigenvalue weighted by molar-refractivity contribution is 6.39. The van der Waals surface area contributed by atoms with Gasteiger partial charge < -0.3 is 9.30 Å². The van der Waals surface area contributed by atoms with Gasteiger partial charge in [0, 0.05) is 54.5 Å². The van der Waals surface area contributed by atoms with Crippen molar-refractivity contribution in [1.82, 2.24) is 13.8 Å². The molecule has 5 heterocycles.